The molecule has 2 N–H and O–H groups in total. The summed E-state index contributed by atoms with van der Waals surface area (Å²) in [5, 5.41) is 14.0. The second-order valence-electron chi connectivity index (χ2n) is 11.1. The van der Waals surface area contributed by atoms with E-state index in [1.54, 1.807) is 29.2 Å². The van der Waals surface area contributed by atoms with Crippen LogP contribution in [-0.2, 0) is 11.3 Å². The fourth-order valence-electron chi connectivity index (χ4n) is 5.45. The van der Waals surface area contributed by atoms with Gasteiger partial charge in [-0.3, -0.25) is 14.5 Å². The lowest BCUT2D eigenvalue weighted by molar-refractivity contribution is -0.120. The minimum Gasteiger partial charge on any atom is -0.488 e. The van der Waals surface area contributed by atoms with Crippen molar-refractivity contribution in [1.29, 1.82) is 0 Å². The van der Waals surface area contributed by atoms with Gasteiger partial charge >= 0.3 is 0 Å². The molecular formula is C30H39Cl2N3O4. The highest BCUT2D eigenvalue weighted by molar-refractivity contribution is 6.42. The largest absolute Gasteiger partial charge is 0.488 e. The molecule has 212 valence electrons. The van der Waals surface area contributed by atoms with Gasteiger partial charge in [-0.15, -0.1) is 0 Å². The number of carbonyl (C=O) groups is 2. The topological polar surface area (TPSA) is 82.1 Å². The molecule has 0 spiro atoms. The lowest BCUT2D eigenvalue weighted by Crippen LogP contribution is -2.49. The quantitative estimate of drug-likeness (QED) is 0.411. The summed E-state index contributed by atoms with van der Waals surface area (Å²) in [7, 11) is 2.02. The van der Waals surface area contributed by atoms with Crippen LogP contribution in [0.4, 0.5) is 5.69 Å². The van der Waals surface area contributed by atoms with Crippen LogP contribution in [0.1, 0.15) is 61.9 Å². The number of hydrogen-bond acceptors (Lipinski definition) is 5. The highest BCUT2D eigenvalue weighted by atomic mass is 35.5. The van der Waals surface area contributed by atoms with Gasteiger partial charge in [-0.25, -0.2) is 0 Å². The van der Waals surface area contributed by atoms with Gasteiger partial charge in [0.1, 0.15) is 11.9 Å². The third kappa shape index (κ3) is 7.46. The molecule has 1 aliphatic heterocycles. The van der Waals surface area contributed by atoms with Gasteiger partial charge in [0.25, 0.3) is 5.91 Å². The first kappa shape index (κ1) is 29.7. The number of carbonyl (C=O) groups excluding carboxylic acids is 2. The maximum absolute atomic E-state index is 13.7. The van der Waals surface area contributed by atoms with Crippen molar-refractivity contribution in [3.8, 4) is 5.75 Å². The molecule has 1 heterocycles. The zero-order chi connectivity index (χ0) is 28.1. The summed E-state index contributed by atoms with van der Waals surface area (Å²) < 4.78 is 6.50. The van der Waals surface area contributed by atoms with Crippen LogP contribution in [-0.4, -0.2) is 65.6 Å². The van der Waals surface area contributed by atoms with Crippen molar-refractivity contribution < 1.29 is 19.4 Å². The van der Waals surface area contributed by atoms with Crippen LogP contribution in [0.2, 0.25) is 10.0 Å². The predicted octanol–water partition coefficient (Wildman–Crippen LogP) is 5.86. The van der Waals surface area contributed by atoms with E-state index < -0.39 is 0 Å². The highest BCUT2D eigenvalue weighted by Crippen LogP contribution is 2.32. The molecule has 39 heavy (non-hydrogen) atoms. The molecule has 0 bridgehead atoms. The number of nitrogens with zero attached hydrogens (tertiary/aromatic N) is 2. The molecule has 9 heteroatoms. The van der Waals surface area contributed by atoms with Crippen LogP contribution in [0.25, 0.3) is 0 Å². The number of ether oxygens (including phenoxy) is 1. The number of halogens is 2. The molecule has 1 saturated carbocycles. The Balaban J connectivity index is 1.56. The van der Waals surface area contributed by atoms with Crippen LogP contribution >= 0.6 is 23.2 Å². The van der Waals surface area contributed by atoms with Crippen molar-refractivity contribution in [3.63, 3.8) is 0 Å². The number of likely N-dealkylation sites (N-methyl/N-ethyl adjacent to an activating group) is 1. The van der Waals surface area contributed by atoms with E-state index in [0.717, 1.165) is 31.2 Å². The SMILES string of the molecule is C[C@@H]1CN([C@H](C)CO)C(=O)c2cc(NC(=O)C3CCCCC3)ccc2O[C@H]1CN(C)Cc1ccc(Cl)c(Cl)c1. The van der Waals surface area contributed by atoms with Gasteiger partial charge in [-0.1, -0.05) is 55.5 Å². The van der Waals surface area contributed by atoms with Gasteiger partial charge in [0, 0.05) is 37.2 Å². The normalized spacial score (nSPS) is 21.1. The van der Waals surface area contributed by atoms with Gasteiger partial charge in [0.15, 0.2) is 0 Å². The minimum atomic E-state index is -0.360. The Morgan fingerprint density at radius 1 is 1.15 bits per heavy atom. The van der Waals surface area contributed by atoms with Crippen molar-refractivity contribution >= 4 is 40.7 Å². The molecule has 2 aliphatic rings. The number of anilines is 1. The van der Waals surface area contributed by atoms with Crippen LogP contribution in [0, 0.1) is 11.8 Å². The van der Waals surface area contributed by atoms with E-state index in [0.29, 0.717) is 46.7 Å². The van der Waals surface area contributed by atoms with Gasteiger partial charge in [0.05, 0.1) is 28.3 Å². The molecule has 2 aromatic rings. The van der Waals surface area contributed by atoms with Crippen molar-refractivity contribution in [2.24, 2.45) is 11.8 Å². The predicted molar refractivity (Wildman–Crippen MR) is 156 cm³/mol. The minimum absolute atomic E-state index is 0.00182. The molecule has 1 fully saturated rings. The summed E-state index contributed by atoms with van der Waals surface area (Å²) >= 11 is 12.3. The maximum atomic E-state index is 13.7. The number of fused-ring (bicyclic) bond motifs is 1. The number of aliphatic hydroxyl groups excluding tert-OH is 1. The molecule has 2 amide bonds. The second-order valence-corrected chi connectivity index (χ2v) is 11.9. The van der Waals surface area contributed by atoms with E-state index in [4.69, 9.17) is 27.9 Å². The van der Waals surface area contributed by atoms with Gasteiger partial charge < -0.3 is 20.1 Å². The fourth-order valence-corrected chi connectivity index (χ4v) is 5.77. The maximum Gasteiger partial charge on any atom is 0.258 e. The molecule has 3 atom stereocenters. The summed E-state index contributed by atoms with van der Waals surface area (Å²) in [6.45, 7) is 5.45. The number of nitrogens with one attached hydrogen (secondary N) is 1. The number of aliphatic hydroxyl groups is 1. The van der Waals surface area contributed by atoms with E-state index >= 15 is 0 Å². The van der Waals surface area contributed by atoms with E-state index in [9.17, 15) is 14.7 Å². The molecule has 1 aliphatic carbocycles. The lowest BCUT2D eigenvalue weighted by atomic mass is 9.88. The summed E-state index contributed by atoms with van der Waals surface area (Å²) in [4.78, 5) is 30.4. The van der Waals surface area contributed by atoms with E-state index in [1.165, 1.54) is 6.42 Å². The standard InChI is InChI=1S/C30H39Cl2N3O4/c1-19-15-35(20(2)18-36)30(38)24-14-23(33-29(37)22-7-5-4-6-8-22)10-12-27(24)39-28(19)17-34(3)16-21-9-11-25(31)26(32)13-21/h9-14,19-20,22,28,36H,4-8,15-18H2,1-3H3,(H,33,37)/t19-,20-,28+/m1/s1. The molecular weight excluding hydrogens is 537 g/mol. The fraction of sp³-hybridized carbons (Fsp3) is 0.533. The Kier molecular flexibility index (Phi) is 10.2. The molecule has 4 rings (SSSR count). The lowest BCUT2D eigenvalue weighted by Gasteiger charge is -2.38. The first-order valence-corrected chi connectivity index (χ1v) is 14.6. The Morgan fingerprint density at radius 3 is 2.59 bits per heavy atom. The van der Waals surface area contributed by atoms with Crippen LogP contribution in [0.5, 0.6) is 5.75 Å². The Hall–Kier alpha value is -2.32. The third-order valence-corrected chi connectivity index (χ3v) is 8.58. The highest BCUT2D eigenvalue weighted by Gasteiger charge is 2.34. The Labute approximate surface area is 241 Å². The van der Waals surface area contributed by atoms with Crippen LogP contribution in [0.15, 0.2) is 36.4 Å². The van der Waals surface area contributed by atoms with Crippen molar-refractivity contribution in [2.75, 3.05) is 32.1 Å². The zero-order valence-electron chi connectivity index (χ0n) is 23.0. The van der Waals surface area contributed by atoms with Gasteiger partial charge in [-0.05, 0) is 62.7 Å². The van der Waals surface area contributed by atoms with Crippen LogP contribution < -0.4 is 10.1 Å². The third-order valence-electron chi connectivity index (χ3n) is 7.84. The molecule has 0 radical (unpaired) electrons. The number of amides is 2. The molecule has 2 aromatic carbocycles. The molecule has 0 saturated heterocycles. The number of benzene rings is 2. The summed E-state index contributed by atoms with van der Waals surface area (Å²) in [6, 6.07) is 10.5. The molecule has 0 unspecified atom stereocenters. The van der Waals surface area contributed by atoms with Gasteiger partial charge in [0.2, 0.25) is 5.91 Å². The van der Waals surface area contributed by atoms with Gasteiger partial charge in [-0.2, -0.15) is 0 Å². The van der Waals surface area contributed by atoms with E-state index in [2.05, 4.69) is 17.1 Å². The zero-order valence-corrected chi connectivity index (χ0v) is 24.5. The Morgan fingerprint density at radius 2 is 1.90 bits per heavy atom. The molecule has 7 nitrogen and oxygen atoms in total. The smallest absolute Gasteiger partial charge is 0.258 e. The average Bonchev–Trinajstić information content (AvgIpc) is 2.93. The second kappa shape index (κ2) is 13.4. The number of rotatable bonds is 8. The van der Waals surface area contributed by atoms with E-state index in [1.807, 2.05) is 26.1 Å². The summed E-state index contributed by atoms with van der Waals surface area (Å²) in [5.41, 5.74) is 2.01. The average molecular weight is 577 g/mol. The van der Waals surface area contributed by atoms with Crippen molar-refractivity contribution in [3.05, 3.63) is 57.6 Å². The monoisotopic (exact) mass is 575 g/mol. The van der Waals surface area contributed by atoms with Crippen molar-refractivity contribution in [2.45, 2.75) is 64.6 Å². The van der Waals surface area contributed by atoms with Crippen molar-refractivity contribution in [1.82, 2.24) is 9.80 Å². The van der Waals surface area contributed by atoms with E-state index in [-0.39, 0.29) is 42.4 Å². The van der Waals surface area contributed by atoms with Crippen LogP contribution in [0.3, 0.4) is 0 Å². The number of hydrogen-bond donors (Lipinski definition) is 2. The first-order valence-electron chi connectivity index (χ1n) is 13.8. The summed E-state index contributed by atoms with van der Waals surface area (Å²) in [5.74, 6) is 0.276. The Bertz CT molecular complexity index is 1170. The molecule has 0 aromatic heterocycles. The first-order chi connectivity index (χ1) is 18.7. The summed E-state index contributed by atoms with van der Waals surface area (Å²) in [6.07, 6.45) is 4.89.